The third-order valence-electron chi connectivity index (χ3n) is 3.86. The van der Waals surface area contributed by atoms with Gasteiger partial charge >= 0.3 is 12.1 Å². The van der Waals surface area contributed by atoms with Crippen LogP contribution in [0.25, 0.3) is 0 Å². The number of rotatable bonds is 1. The van der Waals surface area contributed by atoms with E-state index >= 15 is 0 Å². The van der Waals surface area contributed by atoms with Crippen LogP contribution in [0.15, 0.2) is 29.4 Å². The highest BCUT2D eigenvalue weighted by Crippen LogP contribution is 2.29. The molecule has 0 unspecified atom stereocenters. The average molecular weight is 403 g/mol. The normalized spacial score (nSPS) is 20.3. The van der Waals surface area contributed by atoms with E-state index in [9.17, 15) is 18.3 Å². The molecular weight excluding hydrogens is 389 g/mol. The van der Waals surface area contributed by atoms with Gasteiger partial charge in [-0.05, 0) is 30.7 Å². The van der Waals surface area contributed by atoms with Crippen LogP contribution in [0.2, 0.25) is 5.02 Å². The molecule has 0 aromatic heterocycles. The number of aliphatic imine (C=N–C) groups is 1. The fraction of sp³-hybridized carbons (Fsp3) is 0.312. The van der Waals surface area contributed by atoms with Crippen molar-refractivity contribution >= 4 is 29.2 Å². The summed E-state index contributed by atoms with van der Waals surface area (Å²) in [6.45, 7) is 2.41. The van der Waals surface area contributed by atoms with Crippen LogP contribution in [0.1, 0.15) is 11.1 Å². The first-order chi connectivity index (χ1) is 12.6. The van der Waals surface area contributed by atoms with Crippen LogP contribution in [-0.4, -0.2) is 51.9 Å². The lowest BCUT2D eigenvalue weighted by atomic mass is 10.1. The molecular formula is C16H14ClF3N4O3. The summed E-state index contributed by atoms with van der Waals surface area (Å²) in [7, 11) is 0. The Labute approximate surface area is 157 Å². The monoisotopic (exact) mass is 402 g/mol. The summed E-state index contributed by atoms with van der Waals surface area (Å²) >= 11 is 6.15. The van der Waals surface area contributed by atoms with Crippen molar-refractivity contribution < 1.29 is 28.2 Å². The van der Waals surface area contributed by atoms with Crippen molar-refractivity contribution in [3.8, 4) is 6.07 Å². The van der Waals surface area contributed by atoms with E-state index in [1.807, 2.05) is 24.1 Å². The number of carbonyl (C=O) groups is 1. The number of anilines is 1. The number of alkyl halides is 3. The Balaban J connectivity index is 0.000000321. The standard InChI is InChI=1S/C14H13ClN4O.C2HF3O2/c1-8-10(3-2-9(6-16)13(8)15)18-14-17-7-11-12(20)4-5-19(11)14;3-2(4,5)1(6)7/h2-5,11-12,20H,7H2,1H3,(H,17,18);(H,6,7)/t11-,12-;/m1./s1. The number of aliphatic hydroxyl groups excluding tert-OH is 1. The molecule has 0 aliphatic carbocycles. The van der Waals surface area contributed by atoms with Gasteiger partial charge in [-0.1, -0.05) is 11.6 Å². The number of nitriles is 1. The Kier molecular flexibility index (Phi) is 5.98. The highest BCUT2D eigenvalue weighted by molar-refractivity contribution is 6.33. The number of aliphatic carboxylic acids is 1. The van der Waals surface area contributed by atoms with Gasteiger partial charge in [-0.25, -0.2) is 4.79 Å². The molecule has 2 heterocycles. The Bertz CT molecular complexity index is 849. The number of carboxylic acid groups (broad SMARTS) is 1. The molecule has 1 aromatic rings. The van der Waals surface area contributed by atoms with E-state index < -0.39 is 18.2 Å². The van der Waals surface area contributed by atoms with Gasteiger partial charge in [0.15, 0.2) is 0 Å². The van der Waals surface area contributed by atoms with Crippen LogP contribution in [-0.2, 0) is 4.79 Å². The molecule has 2 aliphatic heterocycles. The van der Waals surface area contributed by atoms with Crippen LogP contribution in [0.3, 0.4) is 0 Å². The second kappa shape index (κ2) is 7.85. The van der Waals surface area contributed by atoms with Gasteiger partial charge in [0.2, 0.25) is 5.96 Å². The van der Waals surface area contributed by atoms with Crippen LogP contribution in [0, 0.1) is 18.3 Å². The molecule has 2 atom stereocenters. The number of hydrogen-bond acceptors (Lipinski definition) is 6. The number of hydrogen-bond donors (Lipinski definition) is 3. The number of halogens is 4. The van der Waals surface area contributed by atoms with Crippen molar-refractivity contribution in [3.05, 3.63) is 40.6 Å². The maximum absolute atomic E-state index is 10.6. The van der Waals surface area contributed by atoms with Crippen molar-refractivity contribution in [2.24, 2.45) is 4.99 Å². The summed E-state index contributed by atoms with van der Waals surface area (Å²) in [6.07, 6.45) is -1.99. The van der Waals surface area contributed by atoms with E-state index in [2.05, 4.69) is 16.4 Å². The molecule has 27 heavy (non-hydrogen) atoms. The van der Waals surface area contributed by atoms with E-state index in [1.54, 1.807) is 12.1 Å². The maximum atomic E-state index is 10.6. The van der Waals surface area contributed by atoms with Crippen molar-refractivity contribution in [2.75, 3.05) is 11.9 Å². The maximum Gasteiger partial charge on any atom is 0.490 e. The number of aliphatic hydroxyl groups is 1. The first-order valence-electron chi connectivity index (χ1n) is 7.51. The van der Waals surface area contributed by atoms with Gasteiger partial charge in [0.25, 0.3) is 0 Å². The van der Waals surface area contributed by atoms with Crippen LogP contribution < -0.4 is 5.32 Å². The zero-order valence-electron chi connectivity index (χ0n) is 13.8. The number of benzene rings is 1. The molecule has 0 amide bonds. The molecule has 0 bridgehead atoms. The topological polar surface area (TPSA) is 109 Å². The van der Waals surface area contributed by atoms with Gasteiger partial charge in [0.05, 0.1) is 29.3 Å². The lowest BCUT2D eigenvalue weighted by molar-refractivity contribution is -0.192. The van der Waals surface area contributed by atoms with Gasteiger partial charge in [-0.15, -0.1) is 0 Å². The first-order valence-corrected chi connectivity index (χ1v) is 7.89. The fourth-order valence-electron chi connectivity index (χ4n) is 2.40. The van der Waals surface area contributed by atoms with Gasteiger partial charge in [-0.3, -0.25) is 4.99 Å². The van der Waals surface area contributed by atoms with Crippen molar-refractivity contribution in [3.63, 3.8) is 0 Å². The highest BCUT2D eigenvalue weighted by Gasteiger charge is 2.38. The smallest absolute Gasteiger partial charge is 0.475 e. The summed E-state index contributed by atoms with van der Waals surface area (Å²) in [5, 5.41) is 29.5. The lowest BCUT2D eigenvalue weighted by Gasteiger charge is -2.21. The van der Waals surface area contributed by atoms with Crippen LogP contribution in [0.4, 0.5) is 18.9 Å². The summed E-state index contributed by atoms with van der Waals surface area (Å²) in [5.74, 6) is -2.07. The minimum atomic E-state index is -5.08. The SMILES string of the molecule is Cc1c(NC2=NC[C@@H]3[C@H](O)C=CN23)ccc(C#N)c1Cl.O=C(O)C(F)(F)F. The molecule has 3 N–H and O–H groups in total. The number of nitrogens with zero attached hydrogens (tertiary/aromatic N) is 3. The average Bonchev–Trinajstić information content (AvgIpc) is 3.15. The first kappa shape index (κ1) is 20.5. The van der Waals surface area contributed by atoms with Gasteiger partial charge in [0.1, 0.15) is 6.07 Å². The van der Waals surface area contributed by atoms with Crippen molar-refractivity contribution in [1.29, 1.82) is 5.26 Å². The minimum Gasteiger partial charge on any atom is -0.475 e. The van der Waals surface area contributed by atoms with E-state index in [1.165, 1.54) is 0 Å². The van der Waals surface area contributed by atoms with Gasteiger partial charge in [0, 0.05) is 11.9 Å². The number of fused-ring (bicyclic) bond motifs is 1. The summed E-state index contributed by atoms with van der Waals surface area (Å²) in [5.41, 5.74) is 2.07. The molecule has 2 aliphatic rings. The molecule has 0 fully saturated rings. The molecule has 0 saturated carbocycles. The molecule has 11 heteroatoms. The zero-order chi connectivity index (χ0) is 20.4. The molecule has 1 aromatic carbocycles. The largest absolute Gasteiger partial charge is 0.490 e. The molecule has 0 radical (unpaired) electrons. The van der Waals surface area contributed by atoms with Crippen molar-refractivity contribution in [1.82, 2.24) is 4.90 Å². The Morgan fingerprint density at radius 3 is 2.67 bits per heavy atom. The van der Waals surface area contributed by atoms with E-state index in [-0.39, 0.29) is 6.04 Å². The van der Waals surface area contributed by atoms with Crippen LogP contribution >= 0.6 is 11.6 Å². The molecule has 3 rings (SSSR count). The summed E-state index contributed by atoms with van der Waals surface area (Å²) in [6, 6.07) is 5.52. The third kappa shape index (κ3) is 4.50. The zero-order valence-corrected chi connectivity index (χ0v) is 14.6. The number of nitrogens with one attached hydrogen (secondary N) is 1. The van der Waals surface area contributed by atoms with E-state index in [0.29, 0.717) is 23.1 Å². The Hall–Kier alpha value is -2.77. The van der Waals surface area contributed by atoms with Gasteiger partial charge < -0.3 is 20.4 Å². The van der Waals surface area contributed by atoms with Crippen LogP contribution in [0.5, 0.6) is 0 Å². The fourth-order valence-corrected chi connectivity index (χ4v) is 2.61. The third-order valence-corrected chi connectivity index (χ3v) is 4.35. The Morgan fingerprint density at radius 2 is 2.11 bits per heavy atom. The molecule has 0 spiro atoms. The Morgan fingerprint density at radius 1 is 1.48 bits per heavy atom. The van der Waals surface area contributed by atoms with E-state index in [4.69, 9.17) is 26.8 Å². The predicted octanol–water partition coefficient (Wildman–Crippen LogP) is 2.49. The lowest BCUT2D eigenvalue weighted by Crippen LogP contribution is -2.38. The quantitative estimate of drug-likeness (QED) is 0.666. The number of guanidine groups is 1. The minimum absolute atomic E-state index is 0.0216. The molecule has 0 saturated heterocycles. The summed E-state index contributed by atoms with van der Waals surface area (Å²) < 4.78 is 31.7. The summed E-state index contributed by atoms with van der Waals surface area (Å²) in [4.78, 5) is 15.2. The van der Waals surface area contributed by atoms with E-state index in [0.717, 1.165) is 11.3 Å². The predicted molar refractivity (Wildman–Crippen MR) is 91.3 cm³/mol. The second-order valence-corrected chi connectivity index (χ2v) is 5.99. The van der Waals surface area contributed by atoms with Gasteiger partial charge in [-0.2, -0.15) is 18.4 Å². The number of carboxylic acids is 1. The molecule has 7 nitrogen and oxygen atoms in total. The second-order valence-electron chi connectivity index (χ2n) is 5.61. The van der Waals surface area contributed by atoms with Crippen molar-refractivity contribution in [2.45, 2.75) is 25.2 Å². The highest BCUT2D eigenvalue weighted by atomic mass is 35.5. The molecule has 144 valence electrons.